The zero-order chi connectivity index (χ0) is 23.9. The number of nitrogens with zero attached hydrogens (tertiary/aromatic N) is 4. The number of amides is 1. The highest BCUT2D eigenvalue weighted by molar-refractivity contribution is 7.99. The maximum atomic E-state index is 12.4. The Morgan fingerprint density at radius 2 is 1.76 bits per heavy atom. The topological polar surface area (TPSA) is 81.4 Å². The van der Waals surface area contributed by atoms with Crippen molar-refractivity contribution in [2.24, 2.45) is 5.10 Å². The van der Waals surface area contributed by atoms with E-state index in [4.69, 9.17) is 4.74 Å². The third-order valence-electron chi connectivity index (χ3n) is 5.19. The zero-order valence-corrected chi connectivity index (χ0v) is 20.0. The average Bonchev–Trinajstić information content (AvgIpc) is 3.28. The molecule has 3 aromatic carbocycles. The standard InChI is InChI=1S/C26H25N5O2S/c1-18-8-12-22(13-9-18)31-25(20-10-14-23(33-3)15-11-20)29-30-26(31)34-17-24(32)28-27-16-21-7-5-4-6-19(21)2/h4-16H,17H2,1-3H3,(H,28,32)/b27-16+. The van der Waals surface area contributed by atoms with Gasteiger partial charge in [-0.1, -0.05) is 53.7 Å². The van der Waals surface area contributed by atoms with Gasteiger partial charge in [0.05, 0.1) is 19.1 Å². The summed E-state index contributed by atoms with van der Waals surface area (Å²) in [7, 11) is 1.63. The Bertz CT molecular complexity index is 1300. The number of hydrogen-bond acceptors (Lipinski definition) is 6. The smallest absolute Gasteiger partial charge is 0.250 e. The van der Waals surface area contributed by atoms with E-state index < -0.39 is 0 Å². The van der Waals surface area contributed by atoms with Gasteiger partial charge in [0.15, 0.2) is 11.0 Å². The fourth-order valence-electron chi connectivity index (χ4n) is 3.28. The molecule has 172 valence electrons. The predicted molar refractivity (Wildman–Crippen MR) is 136 cm³/mol. The van der Waals surface area contributed by atoms with Gasteiger partial charge in [0.25, 0.3) is 5.91 Å². The lowest BCUT2D eigenvalue weighted by Crippen LogP contribution is -2.20. The number of carbonyl (C=O) groups excluding carboxylic acids is 1. The van der Waals surface area contributed by atoms with Crippen LogP contribution >= 0.6 is 11.8 Å². The van der Waals surface area contributed by atoms with Crippen LogP contribution in [0.4, 0.5) is 0 Å². The maximum Gasteiger partial charge on any atom is 0.250 e. The molecule has 0 saturated carbocycles. The molecule has 0 aliphatic heterocycles. The van der Waals surface area contributed by atoms with Crippen molar-refractivity contribution in [3.63, 3.8) is 0 Å². The minimum Gasteiger partial charge on any atom is -0.497 e. The van der Waals surface area contributed by atoms with Gasteiger partial charge in [-0.25, -0.2) is 5.43 Å². The molecule has 0 fully saturated rings. The molecule has 8 heteroatoms. The molecule has 4 rings (SSSR count). The van der Waals surface area contributed by atoms with Gasteiger partial charge in [0.2, 0.25) is 0 Å². The van der Waals surface area contributed by atoms with Gasteiger partial charge >= 0.3 is 0 Å². The number of thioether (sulfide) groups is 1. The molecule has 0 spiro atoms. The number of hydrazone groups is 1. The second-order valence-corrected chi connectivity index (χ2v) is 8.59. The number of carbonyl (C=O) groups is 1. The number of aryl methyl sites for hydroxylation is 2. The van der Waals surface area contributed by atoms with Gasteiger partial charge in [-0.3, -0.25) is 9.36 Å². The summed E-state index contributed by atoms with van der Waals surface area (Å²) >= 11 is 1.31. The van der Waals surface area contributed by atoms with E-state index in [2.05, 4.69) is 20.7 Å². The highest BCUT2D eigenvalue weighted by Gasteiger charge is 2.17. The van der Waals surface area contributed by atoms with Gasteiger partial charge in [0.1, 0.15) is 5.75 Å². The van der Waals surface area contributed by atoms with Crippen molar-refractivity contribution in [2.75, 3.05) is 12.9 Å². The molecule has 0 aliphatic carbocycles. The molecular formula is C26H25N5O2S. The molecule has 0 unspecified atom stereocenters. The summed E-state index contributed by atoms with van der Waals surface area (Å²) in [6.45, 7) is 4.04. The van der Waals surface area contributed by atoms with Gasteiger partial charge in [-0.05, 0) is 61.4 Å². The molecule has 1 heterocycles. The largest absolute Gasteiger partial charge is 0.497 e. The molecule has 34 heavy (non-hydrogen) atoms. The van der Waals surface area contributed by atoms with Crippen LogP contribution in [0.2, 0.25) is 0 Å². The number of ether oxygens (including phenoxy) is 1. The summed E-state index contributed by atoms with van der Waals surface area (Å²) in [6.07, 6.45) is 1.65. The van der Waals surface area contributed by atoms with Crippen LogP contribution in [0.3, 0.4) is 0 Å². The minimum atomic E-state index is -0.223. The first-order valence-electron chi connectivity index (χ1n) is 10.7. The number of aromatic nitrogens is 3. The Hall–Kier alpha value is -3.91. The van der Waals surface area contributed by atoms with Crippen LogP contribution in [0.15, 0.2) is 83.1 Å². The molecule has 0 saturated heterocycles. The molecule has 0 atom stereocenters. The summed E-state index contributed by atoms with van der Waals surface area (Å²) in [5, 5.41) is 13.5. The van der Waals surface area contributed by atoms with Crippen LogP contribution < -0.4 is 10.2 Å². The molecule has 0 bridgehead atoms. The van der Waals surface area contributed by atoms with Crippen LogP contribution in [0.5, 0.6) is 5.75 Å². The van der Waals surface area contributed by atoms with E-state index in [1.54, 1.807) is 13.3 Å². The van der Waals surface area contributed by atoms with Gasteiger partial charge in [0, 0.05) is 11.3 Å². The third kappa shape index (κ3) is 5.52. The highest BCUT2D eigenvalue weighted by atomic mass is 32.2. The molecule has 7 nitrogen and oxygen atoms in total. The quantitative estimate of drug-likeness (QED) is 0.227. The van der Waals surface area contributed by atoms with Crippen molar-refractivity contribution in [1.82, 2.24) is 20.2 Å². The van der Waals surface area contributed by atoms with Crippen molar-refractivity contribution in [3.8, 4) is 22.8 Å². The van der Waals surface area contributed by atoms with Crippen LogP contribution in [0.1, 0.15) is 16.7 Å². The summed E-state index contributed by atoms with van der Waals surface area (Å²) in [4.78, 5) is 12.4. The van der Waals surface area contributed by atoms with E-state index in [0.29, 0.717) is 11.0 Å². The summed E-state index contributed by atoms with van der Waals surface area (Å²) in [6, 6.07) is 23.6. The number of rotatable bonds is 8. The first kappa shape index (κ1) is 23.3. The Labute approximate surface area is 202 Å². The van der Waals surface area contributed by atoms with Crippen molar-refractivity contribution in [3.05, 3.63) is 89.5 Å². The summed E-state index contributed by atoms with van der Waals surface area (Å²) in [5.41, 5.74) is 7.60. The molecule has 1 N–H and O–H groups in total. The first-order valence-corrected chi connectivity index (χ1v) is 11.7. The van der Waals surface area contributed by atoms with Crippen LogP contribution in [-0.2, 0) is 4.79 Å². The lowest BCUT2D eigenvalue weighted by atomic mass is 10.1. The van der Waals surface area contributed by atoms with Crippen LogP contribution in [0, 0.1) is 13.8 Å². The monoisotopic (exact) mass is 471 g/mol. The Kier molecular flexibility index (Phi) is 7.39. The van der Waals surface area contributed by atoms with E-state index in [1.165, 1.54) is 11.8 Å². The maximum absolute atomic E-state index is 12.4. The van der Waals surface area contributed by atoms with E-state index >= 15 is 0 Å². The number of methoxy groups -OCH3 is 1. The second kappa shape index (κ2) is 10.8. The molecule has 0 radical (unpaired) electrons. The molecule has 1 amide bonds. The fourth-order valence-corrected chi connectivity index (χ4v) is 4.03. The predicted octanol–water partition coefficient (Wildman–Crippen LogP) is 4.80. The minimum absolute atomic E-state index is 0.151. The third-order valence-corrected chi connectivity index (χ3v) is 6.12. The Morgan fingerprint density at radius 1 is 1.03 bits per heavy atom. The molecule has 0 aliphatic rings. The zero-order valence-electron chi connectivity index (χ0n) is 19.2. The normalized spacial score (nSPS) is 11.0. The lowest BCUT2D eigenvalue weighted by Gasteiger charge is -2.11. The average molecular weight is 472 g/mol. The fraction of sp³-hybridized carbons (Fsp3) is 0.154. The van der Waals surface area contributed by atoms with Crippen LogP contribution in [0.25, 0.3) is 17.1 Å². The molecule has 4 aromatic rings. The lowest BCUT2D eigenvalue weighted by molar-refractivity contribution is -0.118. The van der Waals surface area contributed by atoms with E-state index in [9.17, 15) is 4.79 Å². The SMILES string of the molecule is COc1ccc(-c2nnc(SCC(=O)N/N=C/c3ccccc3C)n2-c2ccc(C)cc2)cc1. The van der Waals surface area contributed by atoms with Crippen molar-refractivity contribution in [1.29, 1.82) is 0 Å². The molecular weight excluding hydrogens is 446 g/mol. The van der Waals surface area contributed by atoms with Crippen LogP contribution in [-0.4, -0.2) is 39.7 Å². The number of nitrogens with one attached hydrogen (secondary N) is 1. The molecule has 1 aromatic heterocycles. The Morgan fingerprint density at radius 3 is 2.47 bits per heavy atom. The van der Waals surface area contributed by atoms with Gasteiger partial charge < -0.3 is 4.74 Å². The van der Waals surface area contributed by atoms with E-state index in [-0.39, 0.29) is 11.7 Å². The second-order valence-electron chi connectivity index (χ2n) is 7.64. The van der Waals surface area contributed by atoms with E-state index in [0.717, 1.165) is 33.7 Å². The van der Waals surface area contributed by atoms with Gasteiger partial charge in [-0.2, -0.15) is 5.10 Å². The van der Waals surface area contributed by atoms with Crippen molar-refractivity contribution in [2.45, 2.75) is 19.0 Å². The highest BCUT2D eigenvalue weighted by Crippen LogP contribution is 2.29. The van der Waals surface area contributed by atoms with Gasteiger partial charge in [-0.15, -0.1) is 10.2 Å². The number of hydrogen-bond donors (Lipinski definition) is 1. The summed E-state index contributed by atoms with van der Waals surface area (Å²) < 4.78 is 7.22. The van der Waals surface area contributed by atoms with E-state index in [1.807, 2.05) is 91.2 Å². The summed E-state index contributed by atoms with van der Waals surface area (Å²) in [5.74, 6) is 1.38. The first-order chi connectivity index (χ1) is 16.5. The number of benzene rings is 3. The Balaban J connectivity index is 1.53. The van der Waals surface area contributed by atoms with Crippen molar-refractivity contribution < 1.29 is 9.53 Å². The van der Waals surface area contributed by atoms with Crippen molar-refractivity contribution >= 4 is 23.9 Å².